The van der Waals surface area contributed by atoms with Crippen LogP contribution in [0.2, 0.25) is 0 Å². The molecule has 1 heterocycles. The zero-order valence-corrected chi connectivity index (χ0v) is 17.6. The average molecular weight is 432 g/mol. The number of amides is 1. The largest absolute Gasteiger partial charge is 0.493 e. The fraction of sp³-hybridized carbons (Fsp3) is 0.286. The van der Waals surface area contributed by atoms with Crippen LogP contribution in [0.25, 0.3) is 6.08 Å². The summed E-state index contributed by atoms with van der Waals surface area (Å²) < 4.78 is 42.3. The summed E-state index contributed by atoms with van der Waals surface area (Å²) in [5, 5.41) is 2.71. The van der Waals surface area contributed by atoms with Gasteiger partial charge in [-0.3, -0.25) is 4.79 Å². The normalized spacial score (nSPS) is 15.1. The van der Waals surface area contributed by atoms with Crippen molar-refractivity contribution in [1.29, 1.82) is 0 Å². The Balaban J connectivity index is 1.64. The molecule has 1 saturated heterocycles. The van der Waals surface area contributed by atoms with Crippen molar-refractivity contribution in [2.24, 2.45) is 0 Å². The molecule has 9 heteroatoms. The van der Waals surface area contributed by atoms with E-state index in [0.717, 1.165) is 5.56 Å². The highest BCUT2D eigenvalue weighted by Crippen LogP contribution is 2.28. The molecule has 0 unspecified atom stereocenters. The number of methoxy groups -OCH3 is 2. The van der Waals surface area contributed by atoms with Crippen LogP contribution in [0.15, 0.2) is 53.4 Å². The Kier molecular flexibility index (Phi) is 7.09. The molecule has 30 heavy (non-hydrogen) atoms. The Hall–Kier alpha value is -2.88. The number of carbonyl (C=O) groups is 1. The van der Waals surface area contributed by atoms with E-state index in [1.807, 2.05) is 0 Å². The van der Waals surface area contributed by atoms with Gasteiger partial charge in [-0.1, -0.05) is 6.07 Å². The highest BCUT2D eigenvalue weighted by atomic mass is 32.2. The lowest BCUT2D eigenvalue weighted by atomic mass is 10.2. The van der Waals surface area contributed by atoms with Crippen LogP contribution in [0.5, 0.6) is 11.5 Å². The number of hydrogen-bond donors (Lipinski definition) is 1. The smallest absolute Gasteiger partial charge is 0.248 e. The van der Waals surface area contributed by atoms with E-state index >= 15 is 0 Å². The van der Waals surface area contributed by atoms with Crippen LogP contribution >= 0.6 is 0 Å². The topological polar surface area (TPSA) is 94.2 Å². The molecule has 0 aliphatic carbocycles. The van der Waals surface area contributed by atoms with Gasteiger partial charge in [0.25, 0.3) is 0 Å². The van der Waals surface area contributed by atoms with Gasteiger partial charge in [0, 0.05) is 24.9 Å². The molecule has 160 valence electrons. The van der Waals surface area contributed by atoms with Gasteiger partial charge in [-0.2, -0.15) is 4.31 Å². The lowest BCUT2D eigenvalue weighted by molar-refractivity contribution is -0.111. The first-order valence-electron chi connectivity index (χ1n) is 9.33. The molecule has 1 aliphatic rings. The number of nitrogens with one attached hydrogen (secondary N) is 1. The third-order valence-corrected chi connectivity index (χ3v) is 6.48. The zero-order chi connectivity index (χ0) is 21.6. The number of rotatable bonds is 7. The van der Waals surface area contributed by atoms with Crippen LogP contribution in [0, 0.1) is 0 Å². The molecular weight excluding hydrogens is 408 g/mol. The first kappa shape index (κ1) is 21.8. The Labute approximate surface area is 176 Å². The highest BCUT2D eigenvalue weighted by molar-refractivity contribution is 7.89. The van der Waals surface area contributed by atoms with Gasteiger partial charge in [-0.05, 0) is 48.0 Å². The van der Waals surface area contributed by atoms with Crippen LogP contribution < -0.4 is 14.8 Å². The molecule has 0 radical (unpaired) electrons. The zero-order valence-electron chi connectivity index (χ0n) is 16.8. The van der Waals surface area contributed by atoms with Crippen LogP contribution in [0.3, 0.4) is 0 Å². The maximum atomic E-state index is 12.6. The van der Waals surface area contributed by atoms with Gasteiger partial charge in [0.1, 0.15) is 0 Å². The van der Waals surface area contributed by atoms with Gasteiger partial charge in [0.15, 0.2) is 11.5 Å². The summed E-state index contributed by atoms with van der Waals surface area (Å²) >= 11 is 0. The van der Waals surface area contributed by atoms with Crippen molar-refractivity contribution in [3.8, 4) is 11.5 Å². The summed E-state index contributed by atoms with van der Waals surface area (Å²) in [6.07, 6.45) is 3.04. The lowest BCUT2D eigenvalue weighted by Crippen LogP contribution is -2.40. The maximum Gasteiger partial charge on any atom is 0.248 e. The fourth-order valence-corrected chi connectivity index (χ4v) is 4.37. The van der Waals surface area contributed by atoms with E-state index in [9.17, 15) is 13.2 Å². The number of sulfonamides is 1. The van der Waals surface area contributed by atoms with E-state index in [0.29, 0.717) is 43.5 Å². The second-order valence-electron chi connectivity index (χ2n) is 6.48. The van der Waals surface area contributed by atoms with Gasteiger partial charge >= 0.3 is 0 Å². The molecule has 1 N–H and O–H groups in total. The van der Waals surface area contributed by atoms with Crippen molar-refractivity contribution in [3.63, 3.8) is 0 Å². The Morgan fingerprint density at radius 3 is 2.33 bits per heavy atom. The van der Waals surface area contributed by atoms with E-state index in [2.05, 4.69) is 5.32 Å². The van der Waals surface area contributed by atoms with Crippen molar-refractivity contribution < 1.29 is 27.4 Å². The second-order valence-corrected chi connectivity index (χ2v) is 8.42. The molecule has 1 aliphatic heterocycles. The first-order chi connectivity index (χ1) is 14.4. The van der Waals surface area contributed by atoms with Crippen molar-refractivity contribution in [3.05, 3.63) is 54.1 Å². The van der Waals surface area contributed by atoms with Crippen molar-refractivity contribution in [1.82, 2.24) is 4.31 Å². The summed E-state index contributed by atoms with van der Waals surface area (Å²) in [5.74, 6) is 0.830. The predicted octanol–water partition coefficient (Wildman–Crippen LogP) is 2.38. The van der Waals surface area contributed by atoms with Gasteiger partial charge in [0.2, 0.25) is 15.9 Å². The molecule has 2 aromatic carbocycles. The first-order valence-corrected chi connectivity index (χ1v) is 10.8. The van der Waals surface area contributed by atoms with E-state index in [-0.39, 0.29) is 10.8 Å². The minimum Gasteiger partial charge on any atom is -0.493 e. The number of hydrogen-bond acceptors (Lipinski definition) is 6. The molecular formula is C21H24N2O6S. The summed E-state index contributed by atoms with van der Waals surface area (Å²) in [5.41, 5.74) is 1.27. The fourth-order valence-electron chi connectivity index (χ4n) is 2.96. The van der Waals surface area contributed by atoms with Crippen molar-refractivity contribution >= 4 is 27.7 Å². The number of nitrogens with zero attached hydrogens (tertiary/aromatic N) is 1. The number of anilines is 1. The van der Waals surface area contributed by atoms with Crippen molar-refractivity contribution in [2.45, 2.75) is 4.90 Å². The average Bonchev–Trinajstić information content (AvgIpc) is 2.78. The number of benzene rings is 2. The highest BCUT2D eigenvalue weighted by Gasteiger charge is 2.26. The summed E-state index contributed by atoms with van der Waals surface area (Å²) in [4.78, 5) is 12.4. The minimum atomic E-state index is -3.56. The molecule has 0 aromatic heterocycles. The second kappa shape index (κ2) is 9.75. The summed E-state index contributed by atoms with van der Waals surface area (Å²) in [6, 6.07) is 11.4. The van der Waals surface area contributed by atoms with Crippen LogP contribution in [-0.2, 0) is 19.6 Å². The molecule has 1 amide bonds. The van der Waals surface area contributed by atoms with Gasteiger partial charge < -0.3 is 19.5 Å². The molecule has 0 saturated carbocycles. The number of ether oxygens (including phenoxy) is 3. The Morgan fingerprint density at radius 2 is 1.70 bits per heavy atom. The molecule has 1 fully saturated rings. The number of carbonyl (C=O) groups excluding carboxylic acids is 1. The quantitative estimate of drug-likeness (QED) is 0.675. The van der Waals surface area contributed by atoms with E-state index in [1.165, 1.54) is 22.5 Å². The molecule has 8 nitrogen and oxygen atoms in total. The predicted molar refractivity (Wildman–Crippen MR) is 113 cm³/mol. The lowest BCUT2D eigenvalue weighted by Gasteiger charge is -2.26. The Morgan fingerprint density at radius 1 is 1.03 bits per heavy atom. The van der Waals surface area contributed by atoms with Gasteiger partial charge in [-0.15, -0.1) is 0 Å². The molecule has 0 bridgehead atoms. The molecule has 0 spiro atoms. The van der Waals surface area contributed by atoms with E-state index in [4.69, 9.17) is 14.2 Å². The third kappa shape index (κ3) is 5.18. The maximum absolute atomic E-state index is 12.6. The monoisotopic (exact) mass is 432 g/mol. The van der Waals surface area contributed by atoms with Crippen LogP contribution in [0.1, 0.15) is 5.56 Å². The Bertz CT molecular complexity index is 1010. The van der Waals surface area contributed by atoms with Crippen LogP contribution in [0.4, 0.5) is 5.69 Å². The molecule has 3 rings (SSSR count). The van der Waals surface area contributed by atoms with Crippen molar-refractivity contribution in [2.75, 3.05) is 45.8 Å². The van der Waals surface area contributed by atoms with E-state index < -0.39 is 10.0 Å². The standard InChI is InChI=1S/C21H24N2O6S/c1-27-19-9-3-16(15-20(19)28-2)4-10-21(24)22-17-5-7-18(8-6-17)30(25,26)23-11-13-29-14-12-23/h3-10,15H,11-14H2,1-2H3,(H,22,24). The van der Waals surface area contributed by atoms with Gasteiger partial charge in [-0.25, -0.2) is 8.42 Å². The third-order valence-electron chi connectivity index (χ3n) is 4.56. The summed E-state index contributed by atoms with van der Waals surface area (Å²) in [6.45, 7) is 1.45. The molecule has 0 atom stereocenters. The molecule has 2 aromatic rings. The van der Waals surface area contributed by atoms with Gasteiger partial charge in [0.05, 0.1) is 32.3 Å². The minimum absolute atomic E-state index is 0.184. The summed E-state index contributed by atoms with van der Waals surface area (Å²) in [7, 11) is -0.465. The van der Waals surface area contributed by atoms with Crippen LogP contribution in [-0.4, -0.2) is 59.2 Å². The van der Waals surface area contributed by atoms with E-state index in [1.54, 1.807) is 50.6 Å². The SMILES string of the molecule is COc1ccc(C=CC(=O)Nc2ccc(S(=O)(=O)N3CCOCC3)cc2)cc1OC. The number of morpholine rings is 1.